The van der Waals surface area contributed by atoms with Gasteiger partial charge in [0, 0.05) is 0 Å². The van der Waals surface area contributed by atoms with Crippen molar-refractivity contribution in [3.63, 3.8) is 0 Å². The fourth-order valence-corrected chi connectivity index (χ4v) is 3.08. The Balaban J connectivity index is 0.000000687. The van der Waals surface area contributed by atoms with E-state index in [0.29, 0.717) is 5.75 Å². The highest BCUT2D eigenvalue weighted by Gasteiger charge is 2.27. The van der Waals surface area contributed by atoms with Crippen LogP contribution in [0.5, 0.6) is 5.75 Å². The number of hydrogen-bond acceptors (Lipinski definition) is 5. The summed E-state index contributed by atoms with van der Waals surface area (Å²) >= 11 is 0. The number of rotatable bonds is 4. The summed E-state index contributed by atoms with van der Waals surface area (Å²) in [6.07, 6.45) is 0. The summed E-state index contributed by atoms with van der Waals surface area (Å²) in [6.45, 7) is 6.00. The molecule has 0 atom stereocenters. The van der Waals surface area contributed by atoms with Crippen molar-refractivity contribution in [1.29, 1.82) is 0 Å². The summed E-state index contributed by atoms with van der Waals surface area (Å²) in [5.74, 6) is -0.0837. The van der Waals surface area contributed by atoms with Gasteiger partial charge in [-0.25, -0.2) is 0 Å². The first-order chi connectivity index (χ1) is 13.8. The van der Waals surface area contributed by atoms with Gasteiger partial charge in [0.05, 0.1) is 0 Å². The first kappa shape index (κ1) is 22.7. The first-order valence-corrected chi connectivity index (χ1v) is 10.3. The second kappa shape index (κ2) is 10.8. The molecule has 0 unspecified atom stereocenters. The molecular formula is C23H25O5P. The lowest BCUT2D eigenvalue weighted by Crippen LogP contribution is -2.22. The maximum atomic E-state index is 13.1. The SMILES string of the molecule is Cc1ccccc1OC(=O)C(c1ccccc1C)c1ccccc1C.OP(O)O. The molecule has 0 saturated heterocycles. The fourth-order valence-electron chi connectivity index (χ4n) is 3.08. The number of aryl methyl sites for hydroxylation is 3. The van der Waals surface area contributed by atoms with Crippen molar-refractivity contribution in [3.8, 4) is 5.75 Å². The van der Waals surface area contributed by atoms with Crippen molar-refractivity contribution in [2.24, 2.45) is 0 Å². The zero-order valence-corrected chi connectivity index (χ0v) is 17.5. The molecule has 0 aliphatic rings. The third kappa shape index (κ3) is 6.48. The van der Waals surface area contributed by atoms with E-state index in [1.165, 1.54) is 0 Å². The molecule has 0 amide bonds. The van der Waals surface area contributed by atoms with Gasteiger partial charge in [0.2, 0.25) is 0 Å². The maximum Gasteiger partial charge on any atom is 0.324 e. The van der Waals surface area contributed by atoms with Crippen LogP contribution in [-0.4, -0.2) is 20.6 Å². The number of para-hydroxylation sites is 1. The molecule has 6 heteroatoms. The third-order valence-corrected chi connectivity index (χ3v) is 4.54. The van der Waals surface area contributed by atoms with Crippen LogP contribution in [0.15, 0.2) is 72.8 Å². The van der Waals surface area contributed by atoms with E-state index in [1.54, 1.807) is 0 Å². The molecule has 29 heavy (non-hydrogen) atoms. The lowest BCUT2D eigenvalue weighted by Gasteiger charge is -2.21. The second-order valence-corrected chi connectivity index (χ2v) is 7.14. The minimum atomic E-state index is -2.62. The quantitative estimate of drug-likeness (QED) is 0.333. The van der Waals surface area contributed by atoms with Crippen LogP contribution >= 0.6 is 8.60 Å². The molecule has 0 aliphatic carbocycles. The minimum Gasteiger partial charge on any atom is -0.426 e. The summed E-state index contributed by atoms with van der Waals surface area (Å²) in [7, 11) is -2.62. The Morgan fingerprint density at radius 2 is 1.10 bits per heavy atom. The van der Waals surface area contributed by atoms with Crippen molar-refractivity contribution < 1.29 is 24.2 Å². The highest BCUT2D eigenvalue weighted by molar-refractivity contribution is 7.38. The van der Waals surface area contributed by atoms with Gasteiger partial charge >= 0.3 is 14.6 Å². The van der Waals surface area contributed by atoms with Gasteiger partial charge in [-0.05, 0) is 54.7 Å². The molecule has 0 heterocycles. The van der Waals surface area contributed by atoms with Gasteiger partial charge in [-0.2, -0.15) is 0 Å². The third-order valence-electron chi connectivity index (χ3n) is 4.54. The molecule has 3 N–H and O–H groups in total. The number of ether oxygens (including phenoxy) is 1. The predicted molar refractivity (Wildman–Crippen MR) is 115 cm³/mol. The van der Waals surface area contributed by atoms with Crippen molar-refractivity contribution in [2.45, 2.75) is 26.7 Å². The van der Waals surface area contributed by atoms with Gasteiger partial charge < -0.3 is 19.4 Å². The van der Waals surface area contributed by atoms with E-state index < -0.39 is 14.5 Å². The van der Waals surface area contributed by atoms with E-state index in [9.17, 15) is 4.79 Å². The average Bonchev–Trinajstić information content (AvgIpc) is 2.66. The number of carbonyl (C=O) groups excluding carboxylic acids is 1. The number of carbonyl (C=O) groups is 1. The maximum absolute atomic E-state index is 13.1. The van der Waals surface area contributed by atoms with E-state index in [-0.39, 0.29) is 5.97 Å². The Labute approximate surface area is 172 Å². The zero-order valence-electron chi connectivity index (χ0n) is 16.6. The van der Waals surface area contributed by atoms with Crippen LogP contribution in [0.2, 0.25) is 0 Å². The van der Waals surface area contributed by atoms with Crippen LogP contribution < -0.4 is 4.74 Å². The number of esters is 1. The van der Waals surface area contributed by atoms with Gasteiger partial charge in [-0.3, -0.25) is 4.79 Å². The van der Waals surface area contributed by atoms with E-state index in [0.717, 1.165) is 27.8 Å². The molecule has 3 aromatic carbocycles. The number of benzene rings is 3. The van der Waals surface area contributed by atoms with Crippen molar-refractivity contribution >= 4 is 14.6 Å². The van der Waals surface area contributed by atoms with Crippen LogP contribution in [0.1, 0.15) is 33.7 Å². The molecule has 0 aliphatic heterocycles. The highest BCUT2D eigenvalue weighted by atomic mass is 31.2. The van der Waals surface area contributed by atoms with Gasteiger partial charge in [-0.15, -0.1) is 0 Å². The van der Waals surface area contributed by atoms with Crippen LogP contribution in [0.3, 0.4) is 0 Å². The lowest BCUT2D eigenvalue weighted by atomic mass is 9.86. The van der Waals surface area contributed by atoms with Gasteiger partial charge in [0.15, 0.2) is 0 Å². The molecule has 3 rings (SSSR count). The predicted octanol–water partition coefficient (Wildman–Crippen LogP) is 4.54. The molecule has 0 saturated carbocycles. The molecule has 3 aromatic rings. The second-order valence-electron chi connectivity index (χ2n) is 6.60. The van der Waals surface area contributed by atoms with Gasteiger partial charge in [0.25, 0.3) is 0 Å². The van der Waals surface area contributed by atoms with E-state index >= 15 is 0 Å². The van der Waals surface area contributed by atoms with E-state index in [1.807, 2.05) is 93.6 Å². The van der Waals surface area contributed by atoms with Crippen molar-refractivity contribution in [3.05, 3.63) is 101 Å². The Kier molecular flexibility index (Phi) is 8.50. The Morgan fingerprint density at radius 3 is 1.52 bits per heavy atom. The molecular weight excluding hydrogens is 387 g/mol. The zero-order chi connectivity index (χ0) is 21.4. The van der Waals surface area contributed by atoms with Gasteiger partial charge in [0.1, 0.15) is 11.7 Å². The monoisotopic (exact) mass is 412 g/mol. The molecule has 0 aromatic heterocycles. The first-order valence-electron chi connectivity index (χ1n) is 9.06. The Morgan fingerprint density at radius 1 is 0.724 bits per heavy atom. The van der Waals surface area contributed by atoms with Crippen LogP contribution in [0, 0.1) is 20.8 Å². The Bertz CT molecular complexity index is 907. The largest absolute Gasteiger partial charge is 0.426 e. The number of hydrogen-bond donors (Lipinski definition) is 3. The molecule has 0 fully saturated rings. The molecule has 0 bridgehead atoms. The van der Waals surface area contributed by atoms with E-state index in [4.69, 9.17) is 19.4 Å². The molecule has 0 radical (unpaired) electrons. The smallest absolute Gasteiger partial charge is 0.324 e. The van der Waals surface area contributed by atoms with Crippen LogP contribution in [0.4, 0.5) is 0 Å². The summed E-state index contributed by atoms with van der Waals surface area (Å²) in [5.41, 5.74) is 5.07. The summed E-state index contributed by atoms with van der Waals surface area (Å²) in [5, 5.41) is 0. The minimum absolute atomic E-state index is 0.252. The molecule has 152 valence electrons. The van der Waals surface area contributed by atoms with Crippen molar-refractivity contribution in [1.82, 2.24) is 0 Å². The Hall–Kier alpha value is -2.56. The fraction of sp³-hybridized carbons (Fsp3) is 0.174. The standard InChI is InChI=1S/C23H22O2.H3O3P/c1-16-10-4-7-13-19(16)22(20-14-8-5-11-17(20)2)23(24)25-21-15-9-6-12-18(21)3;1-4(2)3/h4-15,22H,1-3H3;1-3H. The molecule has 5 nitrogen and oxygen atoms in total. The lowest BCUT2D eigenvalue weighted by molar-refractivity contribution is -0.135. The summed E-state index contributed by atoms with van der Waals surface area (Å²) < 4.78 is 5.79. The van der Waals surface area contributed by atoms with E-state index in [2.05, 4.69) is 0 Å². The summed E-state index contributed by atoms with van der Waals surface area (Å²) in [6, 6.07) is 23.6. The topological polar surface area (TPSA) is 87.0 Å². The summed E-state index contributed by atoms with van der Waals surface area (Å²) in [4.78, 5) is 34.8. The van der Waals surface area contributed by atoms with Crippen molar-refractivity contribution in [2.75, 3.05) is 0 Å². The van der Waals surface area contributed by atoms with Gasteiger partial charge in [-0.1, -0.05) is 66.7 Å². The highest BCUT2D eigenvalue weighted by Crippen LogP contribution is 2.31. The van der Waals surface area contributed by atoms with Crippen LogP contribution in [-0.2, 0) is 4.79 Å². The average molecular weight is 412 g/mol. The normalized spacial score (nSPS) is 10.5. The van der Waals surface area contributed by atoms with Crippen LogP contribution in [0.25, 0.3) is 0 Å². The molecule has 0 spiro atoms.